The van der Waals surface area contributed by atoms with Gasteiger partial charge in [0.25, 0.3) is 5.69 Å². The molecule has 0 aliphatic carbocycles. The number of carboxylic acids is 1. The van der Waals surface area contributed by atoms with Crippen molar-refractivity contribution in [1.29, 1.82) is 0 Å². The number of carbonyl (C=O) groups is 1. The number of nitro groups is 1. The summed E-state index contributed by atoms with van der Waals surface area (Å²) in [5.41, 5.74) is 1.10. The third-order valence-corrected chi connectivity index (χ3v) is 3.40. The molecule has 2 aromatic rings. The Balaban J connectivity index is 2.28. The van der Waals surface area contributed by atoms with E-state index in [2.05, 4.69) is 4.98 Å². The normalized spacial score (nSPS) is 10.3. The smallest absolute Gasteiger partial charge is 0.303 e. The maximum absolute atomic E-state index is 10.9. The van der Waals surface area contributed by atoms with Gasteiger partial charge in [-0.2, -0.15) is 0 Å². The molecule has 1 aromatic heterocycles. The molecule has 0 radical (unpaired) electrons. The second-order valence-corrected chi connectivity index (χ2v) is 4.67. The third-order valence-electron chi connectivity index (χ3n) is 2.48. The predicted octanol–water partition coefficient (Wildman–Crippen LogP) is 2.74. The number of carboxylic acid groups (broad SMARTS) is 1. The largest absolute Gasteiger partial charge is 0.481 e. The van der Waals surface area contributed by atoms with Crippen molar-refractivity contribution in [2.45, 2.75) is 12.8 Å². The first-order valence-corrected chi connectivity index (χ1v) is 6.36. The lowest BCUT2D eigenvalue weighted by atomic mass is 10.2. The highest BCUT2D eigenvalue weighted by atomic mass is 32.1. The molecule has 6 nitrogen and oxygen atoms in total. The van der Waals surface area contributed by atoms with Gasteiger partial charge >= 0.3 is 5.97 Å². The summed E-state index contributed by atoms with van der Waals surface area (Å²) >= 11 is 1.28. The average Bonchev–Trinajstić information content (AvgIpc) is 2.85. The van der Waals surface area contributed by atoms with Crippen molar-refractivity contribution in [3.05, 3.63) is 45.5 Å². The highest BCUT2D eigenvalue weighted by Crippen LogP contribution is 2.31. The van der Waals surface area contributed by atoms with Crippen molar-refractivity contribution >= 4 is 23.0 Å². The van der Waals surface area contributed by atoms with E-state index in [4.69, 9.17) is 5.11 Å². The van der Waals surface area contributed by atoms with E-state index >= 15 is 0 Å². The number of thiazole rings is 1. The first-order valence-electron chi connectivity index (χ1n) is 5.48. The molecule has 19 heavy (non-hydrogen) atoms. The van der Waals surface area contributed by atoms with Crippen LogP contribution in [0.5, 0.6) is 0 Å². The van der Waals surface area contributed by atoms with Crippen molar-refractivity contribution < 1.29 is 14.8 Å². The van der Waals surface area contributed by atoms with Gasteiger partial charge in [-0.25, -0.2) is 4.98 Å². The first kappa shape index (κ1) is 13.2. The zero-order chi connectivity index (χ0) is 13.8. The van der Waals surface area contributed by atoms with E-state index in [1.807, 2.05) is 0 Å². The van der Waals surface area contributed by atoms with Crippen molar-refractivity contribution in [2.24, 2.45) is 0 Å². The van der Waals surface area contributed by atoms with Gasteiger partial charge in [0.15, 0.2) is 0 Å². The molecule has 0 spiro atoms. The summed E-state index contributed by atoms with van der Waals surface area (Å²) in [6.07, 6.45) is 0.326. The standard InChI is InChI=1S/C12H10N2O4S/c15-11(16)6-5-8-7-19-12(13-8)9-3-1-2-4-10(9)14(17)18/h1-4,7H,5-6H2,(H,15,16). The zero-order valence-electron chi connectivity index (χ0n) is 9.78. The molecule has 0 bridgehead atoms. The summed E-state index contributed by atoms with van der Waals surface area (Å²) in [6.45, 7) is 0. The van der Waals surface area contributed by atoms with Gasteiger partial charge in [0.05, 0.1) is 22.6 Å². The molecular weight excluding hydrogens is 268 g/mol. The van der Waals surface area contributed by atoms with Crippen LogP contribution in [0, 0.1) is 10.1 Å². The minimum absolute atomic E-state index is 0.0000558. The molecule has 0 fully saturated rings. The Morgan fingerprint density at radius 1 is 1.42 bits per heavy atom. The van der Waals surface area contributed by atoms with Crippen LogP contribution in [0.15, 0.2) is 29.6 Å². The van der Waals surface area contributed by atoms with Crippen LogP contribution in [0.25, 0.3) is 10.6 Å². The molecule has 0 saturated carbocycles. The van der Waals surface area contributed by atoms with Gasteiger partial charge in [-0.15, -0.1) is 11.3 Å². The number of hydrogen-bond donors (Lipinski definition) is 1. The molecule has 98 valence electrons. The maximum Gasteiger partial charge on any atom is 0.303 e. The second kappa shape index (κ2) is 5.57. The highest BCUT2D eigenvalue weighted by molar-refractivity contribution is 7.13. The fourth-order valence-electron chi connectivity index (χ4n) is 1.59. The molecule has 1 heterocycles. The Kier molecular flexibility index (Phi) is 3.86. The lowest BCUT2D eigenvalue weighted by molar-refractivity contribution is -0.384. The molecule has 1 aromatic carbocycles. The summed E-state index contributed by atoms with van der Waals surface area (Å²) in [6, 6.07) is 6.37. The van der Waals surface area contributed by atoms with Crippen LogP contribution in [-0.4, -0.2) is 21.0 Å². The Morgan fingerprint density at radius 2 is 2.16 bits per heavy atom. The molecule has 0 amide bonds. The Bertz CT molecular complexity index is 624. The molecular formula is C12H10N2O4S. The van der Waals surface area contributed by atoms with Crippen LogP contribution >= 0.6 is 11.3 Å². The molecule has 0 aliphatic rings. The minimum atomic E-state index is -0.889. The summed E-state index contributed by atoms with van der Waals surface area (Å²) in [5.74, 6) is -0.889. The van der Waals surface area contributed by atoms with Crippen LogP contribution in [0.3, 0.4) is 0 Å². The van der Waals surface area contributed by atoms with Crippen molar-refractivity contribution in [2.75, 3.05) is 0 Å². The molecule has 0 aliphatic heterocycles. The average molecular weight is 278 g/mol. The number of hydrogen-bond acceptors (Lipinski definition) is 5. The van der Waals surface area contributed by atoms with E-state index < -0.39 is 10.9 Å². The van der Waals surface area contributed by atoms with Crippen LogP contribution in [0.1, 0.15) is 12.1 Å². The summed E-state index contributed by atoms with van der Waals surface area (Å²) in [5, 5.41) is 21.8. The Morgan fingerprint density at radius 3 is 2.84 bits per heavy atom. The van der Waals surface area contributed by atoms with Crippen molar-refractivity contribution in [3.8, 4) is 10.6 Å². The van der Waals surface area contributed by atoms with Crippen molar-refractivity contribution in [1.82, 2.24) is 4.98 Å². The lowest BCUT2D eigenvalue weighted by Crippen LogP contribution is -1.97. The van der Waals surface area contributed by atoms with E-state index in [-0.39, 0.29) is 12.1 Å². The SMILES string of the molecule is O=C(O)CCc1csc(-c2ccccc2[N+](=O)[O-])n1. The van der Waals surface area contributed by atoms with Crippen LogP contribution < -0.4 is 0 Å². The van der Waals surface area contributed by atoms with E-state index in [0.717, 1.165) is 0 Å². The Hall–Kier alpha value is -2.28. The lowest BCUT2D eigenvalue weighted by Gasteiger charge is -1.98. The highest BCUT2D eigenvalue weighted by Gasteiger charge is 2.17. The van der Waals surface area contributed by atoms with Gasteiger partial charge in [0, 0.05) is 17.9 Å². The van der Waals surface area contributed by atoms with Gasteiger partial charge in [-0.1, -0.05) is 12.1 Å². The number of para-hydroxylation sites is 1. The minimum Gasteiger partial charge on any atom is -0.481 e. The predicted molar refractivity (Wildman–Crippen MR) is 70.2 cm³/mol. The molecule has 0 unspecified atom stereocenters. The van der Waals surface area contributed by atoms with E-state index in [1.54, 1.807) is 23.6 Å². The Labute approximate surface area is 112 Å². The van der Waals surface area contributed by atoms with Gasteiger partial charge < -0.3 is 5.11 Å². The monoisotopic (exact) mass is 278 g/mol. The number of benzene rings is 1. The number of aromatic nitrogens is 1. The fourth-order valence-corrected chi connectivity index (χ4v) is 2.48. The van der Waals surface area contributed by atoms with Crippen LogP contribution in [0.2, 0.25) is 0 Å². The van der Waals surface area contributed by atoms with Gasteiger partial charge in [0.1, 0.15) is 5.01 Å². The maximum atomic E-state index is 10.9. The van der Waals surface area contributed by atoms with Crippen LogP contribution in [0.4, 0.5) is 5.69 Å². The number of aliphatic carboxylic acids is 1. The second-order valence-electron chi connectivity index (χ2n) is 3.81. The quantitative estimate of drug-likeness (QED) is 0.670. The number of nitrogens with zero attached hydrogens (tertiary/aromatic N) is 2. The molecule has 7 heteroatoms. The first-order chi connectivity index (χ1) is 9.08. The molecule has 1 N–H and O–H groups in total. The topological polar surface area (TPSA) is 93.3 Å². The number of nitro benzene ring substituents is 1. The fraction of sp³-hybridized carbons (Fsp3) is 0.167. The molecule has 0 atom stereocenters. The van der Waals surface area contributed by atoms with Gasteiger partial charge in [-0.05, 0) is 6.07 Å². The summed E-state index contributed by atoms with van der Waals surface area (Å²) < 4.78 is 0. The van der Waals surface area contributed by atoms with E-state index in [9.17, 15) is 14.9 Å². The summed E-state index contributed by atoms with van der Waals surface area (Å²) in [7, 11) is 0. The third kappa shape index (κ3) is 3.14. The van der Waals surface area contributed by atoms with Gasteiger partial charge in [0.2, 0.25) is 0 Å². The zero-order valence-corrected chi connectivity index (χ0v) is 10.6. The van der Waals surface area contributed by atoms with Gasteiger partial charge in [-0.3, -0.25) is 14.9 Å². The summed E-state index contributed by atoms with van der Waals surface area (Å²) in [4.78, 5) is 25.2. The molecule has 2 rings (SSSR count). The van der Waals surface area contributed by atoms with Crippen molar-refractivity contribution in [3.63, 3.8) is 0 Å². The number of aryl methyl sites for hydroxylation is 1. The van der Waals surface area contributed by atoms with E-state index in [1.165, 1.54) is 17.4 Å². The van der Waals surface area contributed by atoms with E-state index in [0.29, 0.717) is 22.7 Å². The molecule has 0 saturated heterocycles. The number of rotatable bonds is 5. The van der Waals surface area contributed by atoms with Crippen LogP contribution in [-0.2, 0) is 11.2 Å².